The minimum atomic E-state index is -0.473. The van der Waals surface area contributed by atoms with E-state index < -0.39 is 5.91 Å². The zero-order valence-electron chi connectivity index (χ0n) is 13.2. The van der Waals surface area contributed by atoms with Crippen molar-refractivity contribution in [3.63, 3.8) is 0 Å². The third-order valence-electron chi connectivity index (χ3n) is 3.80. The van der Waals surface area contributed by atoms with E-state index in [1.807, 2.05) is 30.3 Å². The van der Waals surface area contributed by atoms with Crippen molar-refractivity contribution in [3.8, 4) is 11.4 Å². The molecule has 2 aromatic carbocycles. The maximum atomic E-state index is 12.7. The molecule has 0 bridgehead atoms. The lowest BCUT2D eigenvalue weighted by Crippen LogP contribution is -2.15. The maximum absolute atomic E-state index is 12.7. The summed E-state index contributed by atoms with van der Waals surface area (Å²) >= 11 is 12.5. The quantitative estimate of drug-likeness (QED) is 0.542. The molecule has 2 N–H and O–H groups in total. The van der Waals surface area contributed by atoms with Gasteiger partial charge in [0.15, 0.2) is 11.5 Å². The number of carbonyl (C=O) groups is 1. The molecule has 0 aliphatic heterocycles. The van der Waals surface area contributed by atoms with Gasteiger partial charge in [-0.2, -0.15) is 5.10 Å². The standard InChI is InChI=1S/C18H11Cl2N5O/c19-12-9-21-17(10-4-2-1-3-5-10)24-16(12)18(26)23-14-7-6-13-11(15(14)20)8-22-25-13/h1-9H,(H,22,25)(H,23,26). The molecule has 4 aromatic rings. The Hall–Kier alpha value is -2.96. The summed E-state index contributed by atoms with van der Waals surface area (Å²) in [6.45, 7) is 0. The van der Waals surface area contributed by atoms with Crippen LogP contribution in [0.15, 0.2) is 54.9 Å². The molecular weight excluding hydrogens is 373 g/mol. The highest BCUT2D eigenvalue weighted by Gasteiger charge is 2.17. The van der Waals surface area contributed by atoms with Crippen molar-refractivity contribution in [2.45, 2.75) is 0 Å². The zero-order chi connectivity index (χ0) is 18.1. The Labute approximate surface area is 158 Å². The number of benzene rings is 2. The van der Waals surface area contributed by atoms with Crippen LogP contribution in [-0.2, 0) is 0 Å². The van der Waals surface area contributed by atoms with Gasteiger partial charge in [0.2, 0.25) is 0 Å². The Kier molecular flexibility index (Phi) is 4.28. The van der Waals surface area contributed by atoms with Crippen LogP contribution in [0.1, 0.15) is 10.5 Å². The predicted octanol–water partition coefficient (Wildman–Crippen LogP) is 4.58. The number of nitrogens with zero attached hydrogens (tertiary/aromatic N) is 3. The van der Waals surface area contributed by atoms with Gasteiger partial charge in [0.05, 0.1) is 33.6 Å². The molecule has 2 heterocycles. The molecule has 0 unspecified atom stereocenters. The molecule has 0 radical (unpaired) electrons. The molecular formula is C18H11Cl2N5O. The van der Waals surface area contributed by atoms with Gasteiger partial charge in [-0.1, -0.05) is 53.5 Å². The number of carbonyl (C=O) groups excluding carboxylic acids is 1. The second-order valence-electron chi connectivity index (χ2n) is 5.47. The molecule has 6 nitrogen and oxygen atoms in total. The number of aromatic amines is 1. The molecule has 0 aliphatic carbocycles. The molecule has 0 saturated heterocycles. The first-order valence-corrected chi connectivity index (χ1v) is 8.40. The van der Waals surface area contributed by atoms with Crippen LogP contribution in [0.5, 0.6) is 0 Å². The highest BCUT2D eigenvalue weighted by Crippen LogP contribution is 2.30. The van der Waals surface area contributed by atoms with Crippen LogP contribution in [0.3, 0.4) is 0 Å². The molecule has 0 atom stereocenters. The lowest BCUT2D eigenvalue weighted by Gasteiger charge is -2.09. The van der Waals surface area contributed by atoms with E-state index >= 15 is 0 Å². The number of halogens is 2. The van der Waals surface area contributed by atoms with Gasteiger partial charge in [-0.3, -0.25) is 9.89 Å². The van der Waals surface area contributed by atoms with Crippen LogP contribution in [0.2, 0.25) is 10.0 Å². The fourth-order valence-electron chi connectivity index (χ4n) is 2.51. The fourth-order valence-corrected chi connectivity index (χ4v) is 2.95. The van der Waals surface area contributed by atoms with Crippen molar-refractivity contribution in [2.24, 2.45) is 0 Å². The van der Waals surface area contributed by atoms with Crippen molar-refractivity contribution in [1.82, 2.24) is 20.2 Å². The molecule has 1 amide bonds. The smallest absolute Gasteiger partial charge is 0.276 e. The Morgan fingerprint density at radius 1 is 1.04 bits per heavy atom. The first-order chi connectivity index (χ1) is 12.6. The van der Waals surface area contributed by atoms with Gasteiger partial charge in [0, 0.05) is 10.9 Å². The minimum absolute atomic E-state index is 0.0730. The molecule has 0 saturated carbocycles. The summed E-state index contributed by atoms with van der Waals surface area (Å²) in [6.07, 6.45) is 3.01. The molecule has 26 heavy (non-hydrogen) atoms. The van der Waals surface area contributed by atoms with Gasteiger partial charge >= 0.3 is 0 Å². The van der Waals surface area contributed by atoms with Crippen molar-refractivity contribution < 1.29 is 4.79 Å². The topological polar surface area (TPSA) is 83.6 Å². The molecule has 0 aliphatic rings. The average Bonchev–Trinajstić information content (AvgIpc) is 3.14. The van der Waals surface area contributed by atoms with E-state index in [0.717, 1.165) is 11.1 Å². The van der Waals surface area contributed by atoms with Crippen molar-refractivity contribution in [1.29, 1.82) is 0 Å². The number of H-pyrrole nitrogens is 1. The van der Waals surface area contributed by atoms with Gasteiger partial charge < -0.3 is 5.32 Å². The number of rotatable bonds is 3. The van der Waals surface area contributed by atoms with Crippen molar-refractivity contribution in [2.75, 3.05) is 5.32 Å². The number of hydrogen-bond donors (Lipinski definition) is 2. The number of hydrogen-bond acceptors (Lipinski definition) is 4. The third kappa shape index (κ3) is 3.00. The van der Waals surface area contributed by atoms with Crippen LogP contribution >= 0.6 is 23.2 Å². The highest BCUT2D eigenvalue weighted by atomic mass is 35.5. The summed E-state index contributed by atoms with van der Waals surface area (Å²) in [7, 11) is 0. The van der Waals surface area contributed by atoms with Crippen molar-refractivity contribution in [3.05, 3.63) is 70.6 Å². The molecule has 128 valence electrons. The normalized spacial score (nSPS) is 10.8. The van der Waals surface area contributed by atoms with E-state index in [-0.39, 0.29) is 10.7 Å². The largest absolute Gasteiger partial charge is 0.319 e. The van der Waals surface area contributed by atoms with Crippen LogP contribution in [0.25, 0.3) is 22.3 Å². The summed E-state index contributed by atoms with van der Waals surface area (Å²) < 4.78 is 0. The highest BCUT2D eigenvalue weighted by molar-refractivity contribution is 6.39. The number of anilines is 1. The van der Waals surface area contributed by atoms with Gasteiger partial charge in [0.1, 0.15) is 0 Å². The van der Waals surface area contributed by atoms with Crippen molar-refractivity contribution >= 4 is 45.7 Å². The van der Waals surface area contributed by atoms with E-state index in [1.54, 1.807) is 18.3 Å². The summed E-state index contributed by atoms with van der Waals surface area (Å²) in [5.74, 6) is -0.0594. The van der Waals surface area contributed by atoms with Gasteiger partial charge in [-0.25, -0.2) is 9.97 Å². The van der Waals surface area contributed by atoms with Crippen LogP contribution in [-0.4, -0.2) is 26.1 Å². The Balaban J connectivity index is 1.68. The van der Waals surface area contributed by atoms with Crippen LogP contribution in [0.4, 0.5) is 5.69 Å². The van der Waals surface area contributed by atoms with E-state index in [2.05, 4.69) is 25.5 Å². The Morgan fingerprint density at radius 2 is 1.85 bits per heavy atom. The first kappa shape index (κ1) is 16.5. The van der Waals surface area contributed by atoms with E-state index in [4.69, 9.17) is 23.2 Å². The van der Waals surface area contributed by atoms with Crippen LogP contribution < -0.4 is 5.32 Å². The first-order valence-electron chi connectivity index (χ1n) is 7.64. The molecule has 0 spiro atoms. The SMILES string of the molecule is O=C(Nc1ccc2[nH]ncc2c1Cl)c1nc(-c2ccccc2)ncc1Cl. The third-order valence-corrected chi connectivity index (χ3v) is 4.48. The number of amides is 1. The fraction of sp³-hybridized carbons (Fsp3) is 0. The molecule has 0 fully saturated rings. The molecule has 8 heteroatoms. The van der Waals surface area contributed by atoms with E-state index in [0.29, 0.717) is 21.9 Å². The number of nitrogens with one attached hydrogen (secondary N) is 2. The lowest BCUT2D eigenvalue weighted by atomic mass is 10.2. The second-order valence-corrected chi connectivity index (χ2v) is 6.25. The summed E-state index contributed by atoms with van der Waals surface area (Å²) in [4.78, 5) is 21.2. The van der Waals surface area contributed by atoms with Gasteiger partial charge in [-0.15, -0.1) is 0 Å². The Bertz CT molecular complexity index is 1110. The monoisotopic (exact) mass is 383 g/mol. The Morgan fingerprint density at radius 3 is 2.65 bits per heavy atom. The van der Waals surface area contributed by atoms with Gasteiger partial charge in [-0.05, 0) is 12.1 Å². The average molecular weight is 384 g/mol. The van der Waals surface area contributed by atoms with Gasteiger partial charge in [0.25, 0.3) is 5.91 Å². The maximum Gasteiger partial charge on any atom is 0.276 e. The van der Waals surface area contributed by atoms with E-state index in [9.17, 15) is 4.79 Å². The predicted molar refractivity (Wildman–Crippen MR) is 102 cm³/mol. The van der Waals surface area contributed by atoms with Crippen LogP contribution in [0, 0.1) is 0 Å². The minimum Gasteiger partial charge on any atom is -0.319 e. The number of aromatic nitrogens is 4. The number of fused-ring (bicyclic) bond motifs is 1. The summed E-state index contributed by atoms with van der Waals surface area (Å²) in [5.41, 5.74) is 2.08. The summed E-state index contributed by atoms with van der Waals surface area (Å²) in [6, 6.07) is 12.8. The molecule has 4 rings (SSSR count). The zero-order valence-corrected chi connectivity index (χ0v) is 14.7. The second kappa shape index (κ2) is 6.74. The lowest BCUT2D eigenvalue weighted by molar-refractivity contribution is 0.102. The van der Waals surface area contributed by atoms with E-state index in [1.165, 1.54) is 6.20 Å². The summed E-state index contributed by atoms with van der Waals surface area (Å²) in [5, 5.41) is 10.7. The molecule has 2 aromatic heterocycles.